The van der Waals surface area contributed by atoms with Gasteiger partial charge in [0.2, 0.25) is 0 Å². The number of carboxylic acid groups (broad SMARTS) is 1. The van der Waals surface area contributed by atoms with Gasteiger partial charge in [-0.05, 0) is 42.5 Å². The number of aromatic carboxylic acids is 1. The Hall–Kier alpha value is -2.87. The Kier molecular flexibility index (Phi) is 5.18. The Morgan fingerprint density at radius 2 is 1.85 bits per heavy atom. The molecule has 0 spiro atoms. The van der Waals surface area contributed by atoms with Crippen LogP contribution in [-0.4, -0.2) is 22.4 Å². The van der Waals surface area contributed by atoms with E-state index in [1.165, 1.54) is 36.4 Å². The molecule has 0 saturated heterocycles. The van der Waals surface area contributed by atoms with Gasteiger partial charge in [-0.1, -0.05) is 34.1 Å². The molecule has 0 fully saturated rings. The molecule has 0 aliphatic rings. The number of nitrogens with zero attached hydrogens (tertiary/aromatic N) is 1. The standard InChI is InChI=1S/C19H11BrF3NO3/c20-12-6-8-16-14(9-12)15(18(25)26)10-13(24-16)7-5-11-3-1-2-4-17(11)27-19(21,22)23/h1-10H,(H,25,26). The molecule has 3 aromatic rings. The van der Waals surface area contributed by atoms with Crippen molar-refractivity contribution < 1.29 is 27.8 Å². The van der Waals surface area contributed by atoms with Crippen molar-refractivity contribution in [3.05, 3.63) is 69.8 Å². The van der Waals surface area contributed by atoms with Crippen molar-refractivity contribution in [3.63, 3.8) is 0 Å². The second kappa shape index (κ2) is 7.40. The zero-order valence-electron chi connectivity index (χ0n) is 13.5. The van der Waals surface area contributed by atoms with E-state index < -0.39 is 12.3 Å². The number of carboxylic acids is 1. The summed E-state index contributed by atoms with van der Waals surface area (Å²) in [6.45, 7) is 0. The van der Waals surface area contributed by atoms with Crippen LogP contribution in [0.15, 0.2) is 53.0 Å². The van der Waals surface area contributed by atoms with Crippen LogP contribution in [0.25, 0.3) is 23.1 Å². The molecular weight excluding hydrogens is 427 g/mol. The molecule has 2 aromatic carbocycles. The molecule has 0 bridgehead atoms. The molecule has 3 rings (SSSR count). The molecule has 138 valence electrons. The van der Waals surface area contributed by atoms with E-state index in [2.05, 4.69) is 25.7 Å². The van der Waals surface area contributed by atoms with Crippen molar-refractivity contribution in [2.24, 2.45) is 0 Å². The van der Waals surface area contributed by atoms with Crippen LogP contribution in [-0.2, 0) is 0 Å². The molecule has 0 aliphatic carbocycles. The lowest BCUT2D eigenvalue weighted by molar-refractivity contribution is -0.274. The van der Waals surface area contributed by atoms with Gasteiger partial charge in [0.05, 0.1) is 16.8 Å². The van der Waals surface area contributed by atoms with E-state index in [0.29, 0.717) is 21.1 Å². The Morgan fingerprint density at radius 1 is 1.11 bits per heavy atom. The predicted molar refractivity (Wildman–Crippen MR) is 98.5 cm³/mol. The SMILES string of the molecule is O=C(O)c1cc(C=Cc2ccccc2OC(F)(F)F)nc2ccc(Br)cc12. The number of para-hydroxylation sites is 1. The number of hydrogen-bond donors (Lipinski definition) is 1. The molecule has 27 heavy (non-hydrogen) atoms. The Labute approximate surface area is 160 Å². The normalized spacial score (nSPS) is 11.9. The summed E-state index contributed by atoms with van der Waals surface area (Å²) >= 11 is 3.29. The molecule has 1 aromatic heterocycles. The van der Waals surface area contributed by atoms with E-state index in [9.17, 15) is 23.1 Å². The van der Waals surface area contributed by atoms with Crippen molar-refractivity contribution in [2.75, 3.05) is 0 Å². The molecule has 0 atom stereocenters. The second-order valence-corrected chi connectivity index (χ2v) is 6.40. The van der Waals surface area contributed by atoms with Gasteiger partial charge in [-0.25, -0.2) is 9.78 Å². The number of benzene rings is 2. The van der Waals surface area contributed by atoms with Crippen molar-refractivity contribution in [1.82, 2.24) is 4.98 Å². The maximum atomic E-state index is 12.5. The summed E-state index contributed by atoms with van der Waals surface area (Å²) in [5.41, 5.74) is 0.979. The van der Waals surface area contributed by atoms with Gasteiger partial charge in [0.15, 0.2) is 0 Å². The third-order valence-corrected chi connectivity index (χ3v) is 4.09. The Morgan fingerprint density at radius 3 is 2.56 bits per heavy atom. The fraction of sp³-hybridized carbons (Fsp3) is 0.0526. The minimum absolute atomic E-state index is 0.0424. The van der Waals surface area contributed by atoms with Crippen molar-refractivity contribution in [1.29, 1.82) is 0 Å². The van der Waals surface area contributed by atoms with Gasteiger partial charge in [0, 0.05) is 15.4 Å². The van der Waals surface area contributed by atoms with Gasteiger partial charge < -0.3 is 9.84 Å². The first kappa shape index (κ1) is 18.9. The number of halogens is 4. The minimum Gasteiger partial charge on any atom is -0.478 e. The summed E-state index contributed by atoms with van der Waals surface area (Å²) < 4.78 is 42.2. The smallest absolute Gasteiger partial charge is 0.478 e. The van der Waals surface area contributed by atoms with E-state index in [1.54, 1.807) is 24.3 Å². The van der Waals surface area contributed by atoms with Gasteiger partial charge in [0.1, 0.15) is 5.75 Å². The second-order valence-electron chi connectivity index (χ2n) is 5.48. The highest BCUT2D eigenvalue weighted by Gasteiger charge is 2.31. The predicted octanol–water partition coefficient (Wildman–Crippen LogP) is 5.76. The maximum absolute atomic E-state index is 12.5. The molecule has 0 saturated carbocycles. The molecule has 0 aliphatic heterocycles. The molecule has 0 amide bonds. The van der Waals surface area contributed by atoms with Crippen LogP contribution in [0.1, 0.15) is 21.6 Å². The van der Waals surface area contributed by atoms with Gasteiger partial charge in [-0.2, -0.15) is 0 Å². The first-order valence-corrected chi connectivity index (χ1v) is 8.39. The first-order valence-electron chi connectivity index (χ1n) is 7.59. The van der Waals surface area contributed by atoms with Crippen LogP contribution in [0.3, 0.4) is 0 Å². The van der Waals surface area contributed by atoms with Gasteiger partial charge >= 0.3 is 12.3 Å². The fourth-order valence-electron chi connectivity index (χ4n) is 2.49. The lowest BCUT2D eigenvalue weighted by atomic mass is 10.1. The van der Waals surface area contributed by atoms with Gasteiger partial charge in [0.25, 0.3) is 0 Å². The monoisotopic (exact) mass is 437 g/mol. The van der Waals surface area contributed by atoms with Gasteiger partial charge in [-0.15, -0.1) is 13.2 Å². The van der Waals surface area contributed by atoms with E-state index in [1.807, 2.05) is 0 Å². The van der Waals surface area contributed by atoms with E-state index in [0.717, 1.165) is 0 Å². The average molecular weight is 438 g/mol. The average Bonchev–Trinajstić information content (AvgIpc) is 2.59. The quantitative estimate of drug-likeness (QED) is 0.563. The fourth-order valence-corrected chi connectivity index (χ4v) is 2.85. The first-order chi connectivity index (χ1) is 12.7. The molecule has 1 N–H and O–H groups in total. The highest BCUT2D eigenvalue weighted by atomic mass is 79.9. The van der Waals surface area contributed by atoms with Gasteiger partial charge in [-0.3, -0.25) is 0 Å². The molecule has 1 heterocycles. The number of aromatic nitrogens is 1. The van der Waals surface area contributed by atoms with Crippen LogP contribution < -0.4 is 4.74 Å². The van der Waals surface area contributed by atoms with Crippen LogP contribution >= 0.6 is 15.9 Å². The summed E-state index contributed by atoms with van der Waals surface area (Å²) in [6.07, 6.45) is -1.98. The highest BCUT2D eigenvalue weighted by molar-refractivity contribution is 9.10. The molecule has 8 heteroatoms. The van der Waals surface area contributed by atoms with Crippen molar-refractivity contribution >= 4 is 45.0 Å². The van der Waals surface area contributed by atoms with Crippen LogP contribution in [0.4, 0.5) is 13.2 Å². The third-order valence-electron chi connectivity index (χ3n) is 3.60. The molecule has 0 unspecified atom stereocenters. The zero-order chi connectivity index (χ0) is 19.6. The Bertz CT molecular complexity index is 1050. The van der Waals surface area contributed by atoms with E-state index in [-0.39, 0.29) is 16.9 Å². The van der Waals surface area contributed by atoms with E-state index >= 15 is 0 Å². The number of rotatable bonds is 4. The summed E-state index contributed by atoms with van der Waals surface area (Å²) in [5, 5.41) is 9.90. The number of ether oxygens (including phenoxy) is 1. The molecule has 0 radical (unpaired) electrons. The van der Waals surface area contributed by atoms with Crippen LogP contribution in [0.5, 0.6) is 5.75 Å². The maximum Gasteiger partial charge on any atom is 0.573 e. The zero-order valence-corrected chi connectivity index (χ0v) is 15.1. The number of fused-ring (bicyclic) bond motifs is 1. The van der Waals surface area contributed by atoms with E-state index in [4.69, 9.17) is 0 Å². The summed E-state index contributed by atoms with van der Waals surface area (Å²) in [6, 6.07) is 12.0. The lowest BCUT2D eigenvalue weighted by Gasteiger charge is -2.11. The minimum atomic E-state index is -4.81. The number of hydrogen-bond acceptors (Lipinski definition) is 3. The summed E-state index contributed by atoms with van der Waals surface area (Å²) in [7, 11) is 0. The lowest BCUT2D eigenvalue weighted by Crippen LogP contribution is -2.17. The van der Waals surface area contributed by atoms with Crippen molar-refractivity contribution in [3.8, 4) is 5.75 Å². The third kappa shape index (κ3) is 4.65. The topological polar surface area (TPSA) is 59.4 Å². The Balaban J connectivity index is 2.03. The van der Waals surface area contributed by atoms with Crippen LogP contribution in [0.2, 0.25) is 0 Å². The largest absolute Gasteiger partial charge is 0.573 e. The highest BCUT2D eigenvalue weighted by Crippen LogP contribution is 2.28. The summed E-state index contributed by atoms with van der Waals surface area (Å²) in [4.78, 5) is 15.9. The molecule has 4 nitrogen and oxygen atoms in total. The molecular formula is C19H11BrF3NO3. The number of carbonyl (C=O) groups is 1. The number of alkyl halides is 3. The summed E-state index contributed by atoms with van der Waals surface area (Å²) in [5.74, 6) is -1.49. The van der Waals surface area contributed by atoms with Crippen LogP contribution in [0, 0.1) is 0 Å². The number of pyridine rings is 1. The van der Waals surface area contributed by atoms with Crippen molar-refractivity contribution in [2.45, 2.75) is 6.36 Å².